The minimum absolute atomic E-state index is 0.281. The Bertz CT molecular complexity index is 746. The molecule has 1 fully saturated rings. The van der Waals surface area contributed by atoms with Crippen LogP contribution in [0.2, 0.25) is 0 Å². The second-order valence-electron chi connectivity index (χ2n) is 6.91. The van der Waals surface area contributed by atoms with Crippen molar-refractivity contribution in [3.8, 4) is 0 Å². The quantitative estimate of drug-likeness (QED) is 0.395. The Morgan fingerprint density at radius 3 is 2.57 bits per heavy atom. The molecule has 7 nitrogen and oxygen atoms in total. The lowest BCUT2D eigenvalue weighted by Crippen LogP contribution is -3.14. The minimum atomic E-state index is -3.49. The summed E-state index contributed by atoms with van der Waals surface area (Å²) in [4.78, 5) is 1.85. The molecule has 1 aromatic carbocycles. The second-order valence-corrected chi connectivity index (χ2v) is 9.26. The molecule has 3 N–H and O–H groups in total. The number of thiocarbonyl (C=S) groups is 1. The Kier molecular flexibility index (Phi) is 9.10. The van der Waals surface area contributed by atoms with Crippen LogP contribution in [0, 0.1) is 6.92 Å². The third kappa shape index (κ3) is 6.38. The Labute approximate surface area is 174 Å². The first-order valence-corrected chi connectivity index (χ1v) is 11.8. The number of rotatable bonds is 9. The Morgan fingerprint density at radius 1 is 1.25 bits per heavy atom. The summed E-state index contributed by atoms with van der Waals surface area (Å²) in [6.45, 7) is 12.2. The number of morpholine rings is 1. The topological polar surface area (TPSA) is 75.1 Å². The summed E-state index contributed by atoms with van der Waals surface area (Å²) in [5.41, 5.74) is 1.66. The normalized spacial score (nSPS) is 15.6. The van der Waals surface area contributed by atoms with Crippen molar-refractivity contribution in [2.45, 2.75) is 32.1 Å². The molecule has 0 bridgehead atoms. The van der Waals surface area contributed by atoms with Gasteiger partial charge in [0.05, 0.1) is 24.7 Å². The predicted molar refractivity (Wildman–Crippen MR) is 117 cm³/mol. The van der Waals surface area contributed by atoms with Gasteiger partial charge in [0, 0.05) is 31.7 Å². The number of aryl methyl sites for hydroxylation is 1. The summed E-state index contributed by atoms with van der Waals surface area (Å²) < 4.78 is 32.3. The average Bonchev–Trinajstić information content (AvgIpc) is 2.68. The molecule has 158 valence electrons. The zero-order valence-corrected chi connectivity index (χ0v) is 18.7. The van der Waals surface area contributed by atoms with Crippen LogP contribution in [0.25, 0.3) is 0 Å². The van der Waals surface area contributed by atoms with Crippen LogP contribution in [0.15, 0.2) is 23.1 Å². The van der Waals surface area contributed by atoms with Crippen LogP contribution in [-0.4, -0.2) is 70.3 Å². The van der Waals surface area contributed by atoms with Gasteiger partial charge in [0.1, 0.15) is 13.1 Å². The first-order chi connectivity index (χ1) is 13.4. The monoisotopic (exact) mass is 429 g/mol. The number of ether oxygens (including phenoxy) is 1. The number of hydrogen-bond donors (Lipinski definition) is 3. The number of nitrogens with zero attached hydrogens (tertiary/aromatic N) is 1. The molecule has 0 spiro atoms. The van der Waals surface area contributed by atoms with E-state index in [9.17, 15) is 8.42 Å². The lowest BCUT2D eigenvalue weighted by molar-refractivity contribution is -0.908. The minimum Gasteiger partial charge on any atom is -0.370 e. The van der Waals surface area contributed by atoms with E-state index in [0.29, 0.717) is 23.9 Å². The van der Waals surface area contributed by atoms with E-state index in [4.69, 9.17) is 17.0 Å². The van der Waals surface area contributed by atoms with Gasteiger partial charge < -0.3 is 20.3 Å². The highest BCUT2D eigenvalue weighted by atomic mass is 32.2. The largest absolute Gasteiger partial charge is 0.370 e. The maximum Gasteiger partial charge on any atom is 0.243 e. The van der Waals surface area contributed by atoms with E-state index in [1.54, 1.807) is 17.0 Å². The lowest BCUT2D eigenvalue weighted by atomic mass is 10.2. The molecule has 0 atom stereocenters. The van der Waals surface area contributed by atoms with E-state index in [1.165, 1.54) is 4.31 Å². The first kappa shape index (κ1) is 23.0. The summed E-state index contributed by atoms with van der Waals surface area (Å²) in [5.74, 6) is 0. The Balaban J connectivity index is 1.91. The van der Waals surface area contributed by atoms with Gasteiger partial charge in [0.15, 0.2) is 5.11 Å². The van der Waals surface area contributed by atoms with Gasteiger partial charge in [-0.3, -0.25) is 0 Å². The van der Waals surface area contributed by atoms with Crippen LogP contribution < -0.4 is 15.5 Å². The highest BCUT2D eigenvalue weighted by Crippen LogP contribution is 2.23. The summed E-state index contributed by atoms with van der Waals surface area (Å²) >= 11 is 5.39. The molecule has 2 rings (SSSR count). The number of sulfonamides is 1. The fraction of sp³-hybridized carbons (Fsp3) is 0.632. The summed E-state index contributed by atoms with van der Waals surface area (Å²) in [6.07, 6.45) is 1.02. The lowest BCUT2D eigenvalue weighted by Gasteiger charge is -2.23. The summed E-state index contributed by atoms with van der Waals surface area (Å²) in [7, 11) is -3.49. The van der Waals surface area contributed by atoms with E-state index in [-0.39, 0.29) is 4.90 Å². The molecule has 9 heteroatoms. The van der Waals surface area contributed by atoms with Crippen molar-refractivity contribution in [1.82, 2.24) is 9.62 Å². The van der Waals surface area contributed by atoms with Gasteiger partial charge in [-0.25, -0.2) is 8.42 Å². The molecule has 0 amide bonds. The SMILES string of the molecule is CCN(CC)S(=O)(=O)c1ccc(C)c(NC(=S)NCCC[NH+]2CCOCC2)c1. The van der Waals surface area contributed by atoms with Crippen molar-refractivity contribution < 1.29 is 18.1 Å². The average molecular weight is 430 g/mol. The third-order valence-corrected chi connectivity index (χ3v) is 7.29. The van der Waals surface area contributed by atoms with Crippen LogP contribution in [0.3, 0.4) is 0 Å². The molecular weight excluding hydrogens is 396 g/mol. The Morgan fingerprint density at radius 2 is 1.93 bits per heavy atom. The van der Waals surface area contributed by atoms with Crippen molar-refractivity contribution in [3.05, 3.63) is 23.8 Å². The van der Waals surface area contributed by atoms with E-state index in [2.05, 4.69) is 10.6 Å². The zero-order valence-electron chi connectivity index (χ0n) is 17.1. The predicted octanol–water partition coefficient (Wildman–Crippen LogP) is 0.617. The highest BCUT2D eigenvalue weighted by Gasteiger charge is 2.22. The van der Waals surface area contributed by atoms with Gasteiger partial charge in [-0.05, 0) is 36.8 Å². The van der Waals surface area contributed by atoms with Crippen molar-refractivity contribution in [2.24, 2.45) is 0 Å². The molecule has 28 heavy (non-hydrogen) atoms. The maximum absolute atomic E-state index is 12.7. The van der Waals surface area contributed by atoms with Gasteiger partial charge in [0.2, 0.25) is 10.0 Å². The van der Waals surface area contributed by atoms with Crippen molar-refractivity contribution >= 4 is 33.0 Å². The van der Waals surface area contributed by atoms with Gasteiger partial charge in [-0.1, -0.05) is 19.9 Å². The second kappa shape index (κ2) is 11.1. The molecule has 1 aliphatic heterocycles. The first-order valence-electron chi connectivity index (χ1n) is 9.95. The van der Waals surface area contributed by atoms with E-state index in [1.807, 2.05) is 26.8 Å². The molecule has 0 aromatic heterocycles. The fourth-order valence-corrected chi connectivity index (χ4v) is 4.92. The van der Waals surface area contributed by atoms with Crippen LogP contribution in [0.5, 0.6) is 0 Å². The number of nitrogens with one attached hydrogen (secondary N) is 3. The van der Waals surface area contributed by atoms with E-state index >= 15 is 0 Å². The van der Waals surface area contributed by atoms with E-state index < -0.39 is 10.0 Å². The summed E-state index contributed by atoms with van der Waals surface area (Å²) in [6, 6.07) is 5.12. The third-order valence-electron chi connectivity index (χ3n) is 4.99. The molecule has 1 aromatic rings. The van der Waals surface area contributed by atoms with Gasteiger partial charge in [-0.15, -0.1) is 0 Å². The molecule has 0 unspecified atom stereocenters. The molecule has 1 aliphatic rings. The molecule has 1 heterocycles. The molecule has 0 saturated carbocycles. The number of benzene rings is 1. The summed E-state index contributed by atoms with van der Waals surface area (Å²) in [5, 5.41) is 6.88. The standard InChI is InChI=1S/C19H32N4O3S2/c1-4-23(5-2)28(24,25)17-8-7-16(3)18(15-17)21-19(27)20-9-6-10-22-11-13-26-14-12-22/h7-8,15H,4-6,9-14H2,1-3H3,(H2,20,21,27)/p+1. The van der Waals surface area contributed by atoms with Crippen LogP contribution in [0.4, 0.5) is 5.69 Å². The smallest absolute Gasteiger partial charge is 0.243 e. The van der Waals surface area contributed by atoms with Gasteiger partial charge in [-0.2, -0.15) is 4.31 Å². The van der Waals surface area contributed by atoms with Gasteiger partial charge in [0.25, 0.3) is 0 Å². The van der Waals surface area contributed by atoms with Crippen LogP contribution >= 0.6 is 12.2 Å². The molecule has 0 radical (unpaired) electrons. The number of anilines is 1. The molecule has 1 saturated heterocycles. The number of hydrogen-bond acceptors (Lipinski definition) is 4. The molecular formula is C19H33N4O3S2+. The molecule has 0 aliphatic carbocycles. The zero-order chi connectivity index (χ0) is 20.6. The van der Waals surface area contributed by atoms with Crippen molar-refractivity contribution in [2.75, 3.05) is 57.8 Å². The van der Waals surface area contributed by atoms with Crippen LogP contribution in [0.1, 0.15) is 25.8 Å². The van der Waals surface area contributed by atoms with Gasteiger partial charge >= 0.3 is 0 Å². The van der Waals surface area contributed by atoms with E-state index in [0.717, 1.165) is 51.4 Å². The fourth-order valence-electron chi connectivity index (χ4n) is 3.23. The number of quaternary nitrogens is 1. The maximum atomic E-state index is 12.7. The highest BCUT2D eigenvalue weighted by molar-refractivity contribution is 7.89. The van der Waals surface area contributed by atoms with Crippen molar-refractivity contribution in [3.63, 3.8) is 0 Å². The van der Waals surface area contributed by atoms with Crippen molar-refractivity contribution in [1.29, 1.82) is 0 Å². The Hall–Kier alpha value is -1.26. The van der Waals surface area contributed by atoms with Crippen LogP contribution in [-0.2, 0) is 14.8 Å².